The molecule has 2 atom stereocenters. The molecule has 130 valence electrons. The van der Waals surface area contributed by atoms with Crippen molar-refractivity contribution in [2.24, 2.45) is 5.92 Å². The summed E-state index contributed by atoms with van der Waals surface area (Å²) in [6.45, 7) is 5.89. The molecule has 3 aliphatic heterocycles. The van der Waals surface area contributed by atoms with Crippen LogP contribution in [0.15, 0.2) is 0 Å². The van der Waals surface area contributed by atoms with E-state index in [1.165, 1.54) is 12.8 Å². The number of nitrogens with zero attached hydrogens (tertiary/aromatic N) is 1. The van der Waals surface area contributed by atoms with Gasteiger partial charge in [0.1, 0.15) is 0 Å². The van der Waals surface area contributed by atoms with Gasteiger partial charge in [0.2, 0.25) is 5.91 Å². The second-order valence-electron chi connectivity index (χ2n) is 6.42. The van der Waals surface area contributed by atoms with E-state index < -0.39 is 0 Å². The van der Waals surface area contributed by atoms with E-state index in [0.29, 0.717) is 25.0 Å². The van der Waals surface area contributed by atoms with Crippen LogP contribution in [0.5, 0.6) is 0 Å². The standard InChI is InChI=1S/C15H27N3O2.2ClH/c19-15(9-12-3-5-16-6-4-12)17-13-10-20-11-14(13)18-7-1-2-8-18;;/h12-14,16H,1-11H2,(H,17,19);2*1H/t13-,14-;;/m0../s1. The fraction of sp³-hybridized carbons (Fsp3) is 0.933. The van der Waals surface area contributed by atoms with E-state index in [1.54, 1.807) is 0 Å². The van der Waals surface area contributed by atoms with Crippen LogP contribution in [-0.4, -0.2) is 62.3 Å². The van der Waals surface area contributed by atoms with Crippen LogP contribution in [-0.2, 0) is 9.53 Å². The number of hydrogen-bond acceptors (Lipinski definition) is 4. The third kappa shape index (κ3) is 5.24. The lowest BCUT2D eigenvalue weighted by atomic mass is 9.94. The van der Waals surface area contributed by atoms with Crippen molar-refractivity contribution >= 4 is 30.7 Å². The monoisotopic (exact) mass is 353 g/mol. The molecule has 0 bridgehead atoms. The van der Waals surface area contributed by atoms with Gasteiger partial charge in [-0.05, 0) is 57.8 Å². The Morgan fingerprint density at radius 1 is 1.14 bits per heavy atom. The summed E-state index contributed by atoms with van der Waals surface area (Å²) in [4.78, 5) is 14.7. The number of likely N-dealkylation sites (tertiary alicyclic amines) is 1. The molecule has 1 amide bonds. The summed E-state index contributed by atoms with van der Waals surface area (Å²) in [5.41, 5.74) is 0. The number of piperidine rings is 1. The molecule has 3 heterocycles. The van der Waals surface area contributed by atoms with Gasteiger partial charge in [0.05, 0.1) is 25.3 Å². The number of rotatable bonds is 4. The SMILES string of the molecule is Cl.Cl.O=C(CC1CCNCC1)N[C@H]1COC[C@@H]1N1CCCC1. The molecule has 3 saturated heterocycles. The second-order valence-corrected chi connectivity index (χ2v) is 6.42. The summed E-state index contributed by atoms with van der Waals surface area (Å²) in [5, 5.41) is 6.57. The summed E-state index contributed by atoms with van der Waals surface area (Å²) in [6.07, 6.45) is 5.51. The van der Waals surface area contributed by atoms with Gasteiger partial charge in [0, 0.05) is 6.42 Å². The average Bonchev–Trinajstić information content (AvgIpc) is 3.10. The Hall–Kier alpha value is -0.0700. The van der Waals surface area contributed by atoms with Gasteiger partial charge >= 0.3 is 0 Å². The predicted molar refractivity (Wildman–Crippen MR) is 92.1 cm³/mol. The topological polar surface area (TPSA) is 53.6 Å². The van der Waals surface area contributed by atoms with Crippen LogP contribution < -0.4 is 10.6 Å². The molecule has 0 aliphatic carbocycles. The Morgan fingerprint density at radius 2 is 1.82 bits per heavy atom. The van der Waals surface area contributed by atoms with Crippen LogP contribution in [0, 0.1) is 5.92 Å². The van der Waals surface area contributed by atoms with Gasteiger partial charge in [0.15, 0.2) is 0 Å². The number of halogens is 2. The first kappa shape index (κ1) is 20.0. The van der Waals surface area contributed by atoms with Crippen LogP contribution in [0.25, 0.3) is 0 Å². The number of nitrogens with one attached hydrogen (secondary N) is 2. The maximum Gasteiger partial charge on any atom is 0.220 e. The minimum absolute atomic E-state index is 0. The molecule has 7 heteroatoms. The lowest BCUT2D eigenvalue weighted by molar-refractivity contribution is -0.123. The Bertz CT molecular complexity index is 335. The van der Waals surface area contributed by atoms with Gasteiger partial charge in [-0.2, -0.15) is 0 Å². The molecule has 5 nitrogen and oxygen atoms in total. The van der Waals surface area contributed by atoms with Crippen molar-refractivity contribution in [3.8, 4) is 0 Å². The normalized spacial score (nSPS) is 29.6. The maximum absolute atomic E-state index is 12.2. The number of hydrogen-bond donors (Lipinski definition) is 2. The minimum Gasteiger partial charge on any atom is -0.378 e. The van der Waals surface area contributed by atoms with E-state index in [9.17, 15) is 4.79 Å². The number of ether oxygens (including phenoxy) is 1. The number of amides is 1. The van der Waals surface area contributed by atoms with E-state index in [1.807, 2.05) is 0 Å². The first-order valence-corrected chi connectivity index (χ1v) is 8.15. The summed E-state index contributed by atoms with van der Waals surface area (Å²) >= 11 is 0. The Kier molecular flexibility index (Phi) is 9.02. The number of carbonyl (C=O) groups is 1. The minimum atomic E-state index is 0. The van der Waals surface area contributed by atoms with Crippen LogP contribution >= 0.6 is 24.8 Å². The van der Waals surface area contributed by atoms with Gasteiger partial charge in [-0.25, -0.2) is 0 Å². The van der Waals surface area contributed by atoms with Crippen molar-refractivity contribution in [3.63, 3.8) is 0 Å². The summed E-state index contributed by atoms with van der Waals surface area (Å²) in [7, 11) is 0. The van der Waals surface area contributed by atoms with Crippen molar-refractivity contribution < 1.29 is 9.53 Å². The van der Waals surface area contributed by atoms with Crippen molar-refractivity contribution in [1.82, 2.24) is 15.5 Å². The quantitative estimate of drug-likeness (QED) is 0.797. The lowest BCUT2D eigenvalue weighted by Gasteiger charge is -2.29. The van der Waals surface area contributed by atoms with Crippen LogP contribution in [0.3, 0.4) is 0 Å². The van der Waals surface area contributed by atoms with E-state index >= 15 is 0 Å². The van der Waals surface area contributed by atoms with Crippen LogP contribution in [0.2, 0.25) is 0 Å². The zero-order chi connectivity index (χ0) is 13.8. The average molecular weight is 354 g/mol. The molecule has 0 spiro atoms. The van der Waals surface area contributed by atoms with Gasteiger partial charge in [0.25, 0.3) is 0 Å². The molecule has 0 unspecified atom stereocenters. The van der Waals surface area contributed by atoms with Gasteiger partial charge < -0.3 is 15.4 Å². The van der Waals surface area contributed by atoms with Gasteiger partial charge in [-0.1, -0.05) is 0 Å². The Morgan fingerprint density at radius 3 is 2.50 bits per heavy atom. The van der Waals surface area contributed by atoms with Crippen LogP contribution in [0.4, 0.5) is 0 Å². The highest BCUT2D eigenvalue weighted by Crippen LogP contribution is 2.20. The first-order chi connectivity index (χ1) is 9.83. The molecular formula is C15H29Cl2N3O2. The summed E-state index contributed by atoms with van der Waals surface area (Å²) in [5.74, 6) is 0.778. The molecule has 0 radical (unpaired) electrons. The van der Waals surface area contributed by atoms with Crippen molar-refractivity contribution in [3.05, 3.63) is 0 Å². The van der Waals surface area contributed by atoms with Gasteiger partial charge in [-0.3, -0.25) is 9.69 Å². The zero-order valence-corrected chi connectivity index (χ0v) is 14.7. The Balaban J connectivity index is 0.00000121. The highest BCUT2D eigenvalue weighted by atomic mass is 35.5. The second kappa shape index (κ2) is 9.93. The molecule has 0 saturated carbocycles. The third-order valence-electron chi connectivity index (χ3n) is 4.94. The maximum atomic E-state index is 12.2. The zero-order valence-electron chi connectivity index (χ0n) is 13.1. The van der Waals surface area contributed by atoms with E-state index in [2.05, 4.69) is 15.5 Å². The van der Waals surface area contributed by atoms with E-state index in [0.717, 1.165) is 45.6 Å². The molecular weight excluding hydrogens is 325 g/mol. The first-order valence-electron chi connectivity index (χ1n) is 8.15. The highest BCUT2D eigenvalue weighted by Gasteiger charge is 2.35. The molecule has 3 rings (SSSR count). The molecule has 3 fully saturated rings. The summed E-state index contributed by atoms with van der Waals surface area (Å²) < 4.78 is 5.61. The van der Waals surface area contributed by atoms with Crippen LogP contribution in [0.1, 0.15) is 32.1 Å². The Labute approximate surface area is 145 Å². The largest absolute Gasteiger partial charge is 0.378 e. The fourth-order valence-corrected chi connectivity index (χ4v) is 3.73. The lowest BCUT2D eigenvalue weighted by Crippen LogP contribution is -2.50. The van der Waals surface area contributed by atoms with Gasteiger partial charge in [-0.15, -0.1) is 24.8 Å². The van der Waals surface area contributed by atoms with Crippen molar-refractivity contribution in [1.29, 1.82) is 0 Å². The number of carbonyl (C=O) groups excluding carboxylic acids is 1. The highest BCUT2D eigenvalue weighted by molar-refractivity contribution is 5.85. The predicted octanol–water partition coefficient (Wildman–Crippen LogP) is 1.20. The molecule has 3 aliphatic rings. The summed E-state index contributed by atoms with van der Waals surface area (Å²) in [6, 6.07) is 0.594. The van der Waals surface area contributed by atoms with E-state index in [4.69, 9.17) is 4.74 Å². The molecule has 22 heavy (non-hydrogen) atoms. The fourth-order valence-electron chi connectivity index (χ4n) is 3.73. The van der Waals surface area contributed by atoms with E-state index in [-0.39, 0.29) is 36.8 Å². The van der Waals surface area contributed by atoms with Crippen molar-refractivity contribution in [2.45, 2.75) is 44.2 Å². The molecule has 0 aromatic rings. The molecule has 2 N–H and O–H groups in total. The molecule has 0 aromatic carbocycles. The smallest absolute Gasteiger partial charge is 0.220 e. The third-order valence-corrected chi connectivity index (χ3v) is 4.94. The van der Waals surface area contributed by atoms with Crippen molar-refractivity contribution in [2.75, 3.05) is 39.4 Å². The molecule has 0 aromatic heterocycles.